The first-order valence-corrected chi connectivity index (χ1v) is 10.4. The van der Waals surface area contributed by atoms with Gasteiger partial charge in [-0.15, -0.1) is 11.3 Å². The maximum absolute atomic E-state index is 13.4. The smallest absolute Gasteiger partial charge is 0.282 e. The Balaban J connectivity index is 1.84. The zero-order valence-corrected chi connectivity index (χ0v) is 17.8. The molecule has 3 aromatic rings. The second-order valence-corrected chi connectivity index (χ2v) is 8.36. The van der Waals surface area contributed by atoms with Crippen molar-refractivity contribution < 1.29 is 9.59 Å². The van der Waals surface area contributed by atoms with E-state index in [0.29, 0.717) is 16.3 Å². The first-order chi connectivity index (χ1) is 13.9. The maximum Gasteiger partial charge on any atom is 0.282 e. The molecular formula is C23H19ClN2O2S. The molecule has 0 atom stereocenters. The number of amides is 2. The summed E-state index contributed by atoms with van der Waals surface area (Å²) in [5.41, 5.74) is 4.84. The van der Waals surface area contributed by atoms with Gasteiger partial charge in [0, 0.05) is 15.6 Å². The molecule has 1 N–H and O–H groups in total. The van der Waals surface area contributed by atoms with Crippen molar-refractivity contribution in [3.8, 4) is 0 Å². The van der Waals surface area contributed by atoms with Crippen molar-refractivity contribution in [2.45, 2.75) is 20.8 Å². The lowest BCUT2D eigenvalue weighted by Gasteiger charge is -2.19. The van der Waals surface area contributed by atoms with Gasteiger partial charge in [0.1, 0.15) is 5.70 Å². The van der Waals surface area contributed by atoms with E-state index in [9.17, 15) is 9.59 Å². The van der Waals surface area contributed by atoms with Gasteiger partial charge in [-0.05, 0) is 73.2 Å². The van der Waals surface area contributed by atoms with Crippen molar-refractivity contribution in [3.05, 3.63) is 86.2 Å². The molecule has 0 saturated heterocycles. The molecule has 2 aromatic carbocycles. The molecule has 6 heteroatoms. The Morgan fingerprint density at radius 1 is 0.931 bits per heavy atom. The van der Waals surface area contributed by atoms with E-state index in [1.807, 2.05) is 62.5 Å². The van der Waals surface area contributed by atoms with Crippen molar-refractivity contribution in [2.24, 2.45) is 0 Å². The van der Waals surface area contributed by atoms with E-state index in [4.69, 9.17) is 11.6 Å². The number of hydrogen-bond donors (Lipinski definition) is 1. The Kier molecular flexibility index (Phi) is 5.03. The molecule has 0 saturated carbocycles. The fraction of sp³-hybridized carbons (Fsp3) is 0.130. The number of nitrogens with zero attached hydrogens (tertiary/aromatic N) is 1. The Bertz CT molecular complexity index is 1170. The van der Waals surface area contributed by atoms with Gasteiger partial charge >= 0.3 is 0 Å². The highest BCUT2D eigenvalue weighted by Gasteiger charge is 2.41. The molecule has 1 aliphatic rings. The van der Waals surface area contributed by atoms with Crippen LogP contribution in [0.25, 0.3) is 5.57 Å². The summed E-state index contributed by atoms with van der Waals surface area (Å²) in [6, 6.07) is 14.7. The van der Waals surface area contributed by atoms with E-state index in [1.54, 1.807) is 12.1 Å². The third kappa shape index (κ3) is 3.37. The molecule has 4 nitrogen and oxygen atoms in total. The largest absolute Gasteiger partial charge is 0.350 e. The van der Waals surface area contributed by atoms with Crippen molar-refractivity contribution >= 4 is 51.7 Å². The highest BCUT2D eigenvalue weighted by atomic mass is 35.5. The van der Waals surface area contributed by atoms with Crippen LogP contribution in [0.3, 0.4) is 0 Å². The molecule has 146 valence electrons. The van der Waals surface area contributed by atoms with Crippen LogP contribution in [0.5, 0.6) is 0 Å². The number of carbonyl (C=O) groups is 2. The van der Waals surface area contributed by atoms with E-state index >= 15 is 0 Å². The zero-order chi connectivity index (χ0) is 20.7. The first-order valence-electron chi connectivity index (χ1n) is 9.15. The van der Waals surface area contributed by atoms with E-state index in [2.05, 4.69) is 5.32 Å². The summed E-state index contributed by atoms with van der Waals surface area (Å²) < 4.78 is 0. The van der Waals surface area contributed by atoms with Crippen LogP contribution in [0.15, 0.2) is 59.6 Å². The number of thiophene rings is 1. The van der Waals surface area contributed by atoms with Gasteiger partial charge in [-0.1, -0.05) is 29.8 Å². The number of benzene rings is 2. The monoisotopic (exact) mass is 422 g/mol. The Morgan fingerprint density at radius 2 is 1.72 bits per heavy atom. The fourth-order valence-corrected chi connectivity index (χ4v) is 4.39. The predicted molar refractivity (Wildman–Crippen MR) is 119 cm³/mol. The molecule has 0 bridgehead atoms. The average molecular weight is 423 g/mol. The van der Waals surface area contributed by atoms with Gasteiger partial charge in [0.25, 0.3) is 11.8 Å². The maximum atomic E-state index is 13.4. The molecule has 2 amide bonds. The summed E-state index contributed by atoms with van der Waals surface area (Å²) in [7, 11) is 0. The normalized spacial score (nSPS) is 14.1. The van der Waals surface area contributed by atoms with Gasteiger partial charge in [-0.2, -0.15) is 0 Å². The average Bonchev–Trinajstić information content (AvgIpc) is 3.27. The molecule has 0 aliphatic carbocycles. The summed E-state index contributed by atoms with van der Waals surface area (Å²) >= 11 is 7.50. The van der Waals surface area contributed by atoms with E-state index in [1.165, 1.54) is 16.2 Å². The van der Waals surface area contributed by atoms with Crippen molar-refractivity contribution in [1.29, 1.82) is 0 Å². The molecule has 1 aromatic heterocycles. The third-order valence-electron chi connectivity index (χ3n) is 5.12. The molecule has 4 rings (SSSR count). The predicted octanol–water partition coefficient (Wildman–Crippen LogP) is 5.72. The van der Waals surface area contributed by atoms with Crippen LogP contribution >= 0.6 is 22.9 Å². The van der Waals surface area contributed by atoms with Crippen LogP contribution in [0.1, 0.15) is 21.6 Å². The number of imide groups is 1. The lowest BCUT2D eigenvalue weighted by Crippen LogP contribution is -2.33. The quantitative estimate of drug-likeness (QED) is 0.547. The van der Waals surface area contributed by atoms with Crippen molar-refractivity contribution in [1.82, 2.24) is 0 Å². The molecule has 0 fully saturated rings. The molecule has 2 heterocycles. The lowest BCUT2D eigenvalue weighted by atomic mass is 10.1. The first kappa shape index (κ1) is 19.4. The summed E-state index contributed by atoms with van der Waals surface area (Å²) in [5, 5.41) is 5.72. The lowest BCUT2D eigenvalue weighted by molar-refractivity contribution is -0.120. The molecule has 1 aliphatic heterocycles. The minimum Gasteiger partial charge on any atom is -0.350 e. The molecule has 29 heavy (non-hydrogen) atoms. The number of nitrogens with one attached hydrogen (secondary N) is 1. The minimum atomic E-state index is -0.360. The van der Waals surface area contributed by atoms with Crippen LogP contribution in [-0.2, 0) is 9.59 Å². The summed E-state index contributed by atoms with van der Waals surface area (Å²) in [6.07, 6.45) is 0. The van der Waals surface area contributed by atoms with Gasteiger partial charge in [-0.3, -0.25) is 9.59 Å². The second kappa shape index (κ2) is 7.50. The molecule has 0 unspecified atom stereocenters. The van der Waals surface area contributed by atoms with Gasteiger partial charge in [0.2, 0.25) is 0 Å². The molecular weight excluding hydrogens is 404 g/mol. The van der Waals surface area contributed by atoms with E-state index in [-0.39, 0.29) is 17.5 Å². The SMILES string of the molecule is Cc1cc(Cl)ccc1NC1=C(c2cccs2)C(=O)N(c2cccc(C)c2C)C1=O. The number of halogens is 1. The van der Waals surface area contributed by atoms with E-state index < -0.39 is 0 Å². The van der Waals surface area contributed by atoms with Crippen LogP contribution in [0.4, 0.5) is 11.4 Å². The fourth-order valence-electron chi connectivity index (χ4n) is 3.39. The van der Waals surface area contributed by atoms with Gasteiger partial charge < -0.3 is 5.32 Å². The topological polar surface area (TPSA) is 49.4 Å². The van der Waals surface area contributed by atoms with E-state index in [0.717, 1.165) is 27.3 Å². The standard InChI is InChI=1S/C23H19ClN2O2S/c1-13-6-4-7-18(15(13)3)26-22(27)20(19-8-5-11-29-19)21(23(26)28)25-17-10-9-16(24)12-14(17)2/h4-12,25H,1-3H3. The van der Waals surface area contributed by atoms with Crippen LogP contribution in [-0.4, -0.2) is 11.8 Å². The van der Waals surface area contributed by atoms with Crippen LogP contribution in [0, 0.1) is 20.8 Å². The molecule has 0 radical (unpaired) electrons. The number of hydrogen-bond acceptors (Lipinski definition) is 4. The number of carbonyl (C=O) groups excluding carboxylic acids is 2. The minimum absolute atomic E-state index is 0.281. The molecule has 0 spiro atoms. The number of aryl methyl sites for hydroxylation is 2. The third-order valence-corrected chi connectivity index (χ3v) is 6.24. The van der Waals surface area contributed by atoms with Crippen molar-refractivity contribution in [3.63, 3.8) is 0 Å². The summed E-state index contributed by atoms with van der Waals surface area (Å²) in [4.78, 5) is 28.9. The zero-order valence-electron chi connectivity index (χ0n) is 16.2. The highest BCUT2D eigenvalue weighted by molar-refractivity contribution is 7.11. The van der Waals surface area contributed by atoms with Crippen molar-refractivity contribution in [2.75, 3.05) is 10.2 Å². The van der Waals surface area contributed by atoms with Gasteiger partial charge in [-0.25, -0.2) is 4.90 Å². The van der Waals surface area contributed by atoms with Crippen LogP contribution < -0.4 is 10.2 Å². The Labute approximate surface area is 178 Å². The summed E-state index contributed by atoms with van der Waals surface area (Å²) in [5.74, 6) is -0.679. The number of rotatable bonds is 4. The second-order valence-electron chi connectivity index (χ2n) is 6.98. The van der Waals surface area contributed by atoms with Gasteiger partial charge in [0.15, 0.2) is 0 Å². The van der Waals surface area contributed by atoms with Crippen LogP contribution in [0.2, 0.25) is 5.02 Å². The summed E-state index contributed by atoms with van der Waals surface area (Å²) in [6.45, 7) is 5.79. The Morgan fingerprint density at radius 3 is 2.41 bits per heavy atom. The number of anilines is 2. The highest BCUT2D eigenvalue weighted by Crippen LogP contribution is 2.37. The Hall–Kier alpha value is -2.89. The van der Waals surface area contributed by atoms with Gasteiger partial charge in [0.05, 0.1) is 11.3 Å².